The van der Waals surface area contributed by atoms with Crippen LogP contribution in [-0.4, -0.2) is 59.6 Å². The van der Waals surface area contributed by atoms with Gasteiger partial charge in [0.2, 0.25) is 0 Å². The highest BCUT2D eigenvalue weighted by Crippen LogP contribution is 2.29. The third-order valence-corrected chi connectivity index (χ3v) is 4.56. The lowest BCUT2D eigenvalue weighted by Gasteiger charge is -2.23. The van der Waals surface area contributed by atoms with E-state index in [0.29, 0.717) is 32.7 Å². The molecule has 2 heterocycles. The van der Waals surface area contributed by atoms with Crippen LogP contribution in [0.15, 0.2) is 24.3 Å². The molecule has 130 valence electrons. The van der Waals surface area contributed by atoms with E-state index in [4.69, 9.17) is 4.74 Å². The number of carbonyl (C=O) groups is 2. The largest absolute Gasteiger partial charge is 0.489 e. The number of para-hydroxylation sites is 1. The van der Waals surface area contributed by atoms with E-state index in [0.717, 1.165) is 0 Å². The zero-order chi connectivity index (χ0) is 17.3. The fourth-order valence-electron chi connectivity index (χ4n) is 3.31. The molecule has 24 heavy (non-hydrogen) atoms. The van der Waals surface area contributed by atoms with Crippen molar-refractivity contribution in [2.24, 2.45) is 0 Å². The zero-order valence-electron chi connectivity index (χ0n) is 13.9. The quantitative estimate of drug-likeness (QED) is 0.831. The summed E-state index contributed by atoms with van der Waals surface area (Å²) in [5.74, 6) is -0.316. The van der Waals surface area contributed by atoms with E-state index in [1.807, 2.05) is 13.8 Å². The Morgan fingerprint density at radius 1 is 1.33 bits per heavy atom. The Balaban J connectivity index is 1.55. The standard InChI is InChI=1S/C17H22FN3O3/c1-12(2)21-15(22)17(19-16(21)23)7-8-20(11-17)9-10-24-14-6-4-3-5-13(14)18/h3-6,12H,7-11H2,1-2H3,(H,19,23)/t17-/m0/s1. The van der Waals surface area contributed by atoms with Crippen LogP contribution in [0.4, 0.5) is 9.18 Å². The number of imide groups is 1. The number of carbonyl (C=O) groups excluding carboxylic acids is 2. The molecule has 0 aliphatic carbocycles. The first-order chi connectivity index (χ1) is 11.4. The fourth-order valence-corrected chi connectivity index (χ4v) is 3.31. The third-order valence-electron chi connectivity index (χ3n) is 4.56. The van der Waals surface area contributed by atoms with E-state index >= 15 is 0 Å². The third kappa shape index (κ3) is 2.96. The minimum absolute atomic E-state index is 0.153. The Morgan fingerprint density at radius 3 is 2.75 bits per heavy atom. The lowest BCUT2D eigenvalue weighted by Crippen LogP contribution is -2.49. The molecule has 3 rings (SSSR count). The number of urea groups is 1. The number of amides is 3. The molecule has 0 bridgehead atoms. The van der Waals surface area contributed by atoms with Gasteiger partial charge in [-0.1, -0.05) is 12.1 Å². The molecule has 1 aromatic rings. The van der Waals surface area contributed by atoms with Crippen molar-refractivity contribution in [3.63, 3.8) is 0 Å². The molecule has 1 spiro atoms. The Labute approximate surface area is 140 Å². The predicted octanol–water partition coefficient (Wildman–Crippen LogP) is 1.61. The lowest BCUT2D eigenvalue weighted by molar-refractivity contribution is -0.132. The van der Waals surface area contributed by atoms with Crippen molar-refractivity contribution in [2.45, 2.75) is 31.8 Å². The molecule has 0 radical (unpaired) electrons. The summed E-state index contributed by atoms with van der Waals surface area (Å²) >= 11 is 0. The average Bonchev–Trinajstić information content (AvgIpc) is 3.03. The Bertz CT molecular complexity index is 652. The summed E-state index contributed by atoms with van der Waals surface area (Å²) < 4.78 is 19.0. The lowest BCUT2D eigenvalue weighted by atomic mass is 9.99. The molecule has 6 nitrogen and oxygen atoms in total. The maximum atomic E-state index is 13.5. The van der Waals surface area contributed by atoms with Gasteiger partial charge in [0.1, 0.15) is 12.1 Å². The van der Waals surface area contributed by atoms with Gasteiger partial charge in [0, 0.05) is 25.7 Å². The first-order valence-electron chi connectivity index (χ1n) is 8.18. The van der Waals surface area contributed by atoms with Crippen LogP contribution in [0.3, 0.4) is 0 Å². The number of rotatable bonds is 5. The van der Waals surface area contributed by atoms with Gasteiger partial charge in [-0.05, 0) is 32.4 Å². The van der Waals surface area contributed by atoms with Crippen molar-refractivity contribution in [2.75, 3.05) is 26.2 Å². The second-order valence-corrected chi connectivity index (χ2v) is 6.59. The summed E-state index contributed by atoms with van der Waals surface area (Å²) in [4.78, 5) is 28.0. The molecule has 0 saturated carbocycles. The second kappa shape index (κ2) is 6.39. The molecule has 7 heteroatoms. The summed E-state index contributed by atoms with van der Waals surface area (Å²) in [5.41, 5.74) is -0.820. The molecular weight excluding hydrogens is 313 g/mol. The van der Waals surface area contributed by atoms with Crippen LogP contribution in [0.2, 0.25) is 0 Å². The topological polar surface area (TPSA) is 61.9 Å². The smallest absolute Gasteiger partial charge is 0.325 e. The van der Waals surface area contributed by atoms with Crippen molar-refractivity contribution in [3.05, 3.63) is 30.1 Å². The monoisotopic (exact) mass is 335 g/mol. The van der Waals surface area contributed by atoms with E-state index in [1.54, 1.807) is 18.2 Å². The second-order valence-electron chi connectivity index (χ2n) is 6.59. The molecule has 1 atom stereocenters. The van der Waals surface area contributed by atoms with Crippen molar-refractivity contribution >= 4 is 11.9 Å². The summed E-state index contributed by atoms with van der Waals surface area (Å²) in [6, 6.07) is 5.79. The Kier molecular flexibility index (Phi) is 4.45. The van der Waals surface area contributed by atoms with Crippen molar-refractivity contribution in [1.82, 2.24) is 15.1 Å². The van der Waals surface area contributed by atoms with Crippen molar-refractivity contribution in [3.8, 4) is 5.75 Å². The first-order valence-corrected chi connectivity index (χ1v) is 8.18. The predicted molar refractivity (Wildman–Crippen MR) is 86.2 cm³/mol. The van der Waals surface area contributed by atoms with Crippen LogP contribution >= 0.6 is 0 Å². The van der Waals surface area contributed by atoms with Gasteiger partial charge in [-0.15, -0.1) is 0 Å². The molecule has 1 N–H and O–H groups in total. The van der Waals surface area contributed by atoms with E-state index in [-0.39, 0.29) is 29.5 Å². The first kappa shape index (κ1) is 16.7. The number of nitrogens with one attached hydrogen (secondary N) is 1. The van der Waals surface area contributed by atoms with Gasteiger partial charge in [-0.3, -0.25) is 14.6 Å². The van der Waals surface area contributed by atoms with E-state index in [9.17, 15) is 14.0 Å². The molecular formula is C17H22FN3O3. The summed E-state index contributed by atoms with van der Waals surface area (Å²) in [6.07, 6.45) is 0.584. The van der Waals surface area contributed by atoms with Gasteiger partial charge >= 0.3 is 6.03 Å². The highest BCUT2D eigenvalue weighted by atomic mass is 19.1. The Hall–Kier alpha value is -2.15. The van der Waals surface area contributed by atoms with Gasteiger partial charge in [0.25, 0.3) is 5.91 Å². The minimum atomic E-state index is -0.820. The Morgan fingerprint density at radius 2 is 2.08 bits per heavy atom. The summed E-state index contributed by atoms with van der Waals surface area (Å²) in [6.45, 7) is 5.70. The average molecular weight is 335 g/mol. The van der Waals surface area contributed by atoms with Gasteiger partial charge < -0.3 is 10.1 Å². The minimum Gasteiger partial charge on any atom is -0.489 e. The highest BCUT2D eigenvalue weighted by Gasteiger charge is 2.55. The van der Waals surface area contributed by atoms with E-state index in [1.165, 1.54) is 11.0 Å². The molecule has 3 amide bonds. The molecule has 0 aromatic heterocycles. The van der Waals surface area contributed by atoms with Crippen LogP contribution in [0.5, 0.6) is 5.75 Å². The number of hydrogen-bond acceptors (Lipinski definition) is 4. The van der Waals surface area contributed by atoms with Gasteiger partial charge in [0.15, 0.2) is 11.6 Å². The maximum Gasteiger partial charge on any atom is 0.325 e. The highest BCUT2D eigenvalue weighted by molar-refractivity contribution is 6.07. The molecule has 2 saturated heterocycles. The van der Waals surface area contributed by atoms with Gasteiger partial charge in [-0.25, -0.2) is 9.18 Å². The summed E-state index contributed by atoms with van der Waals surface area (Å²) in [5, 5.41) is 2.85. The number of hydrogen-bond donors (Lipinski definition) is 1. The summed E-state index contributed by atoms with van der Waals surface area (Å²) in [7, 11) is 0. The van der Waals surface area contributed by atoms with Crippen LogP contribution < -0.4 is 10.1 Å². The number of benzene rings is 1. The molecule has 2 aliphatic heterocycles. The maximum absolute atomic E-state index is 13.5. The molecule has 0 unspecified atom stereocenters. The van der Waals surface area contributed by atoms with Crippen molar-refractivity contribution < 1.29 is 18.7 Å². The number of halogens is 1. The van der Waals surface area contributed by atoms with Gasteiger partial charge in [0.05, 0.1) is 0 Å². The SMILES string of the molecule is CC(C)N1C(=O)N[C@]2(CCN(CCOc3ccccc3F)C2)C1=O. The molecule has 2 aliphatic rings. The normalized spacial score (nSPS) is 24.2. The van der Waals surface area contributed by atoms with Crippen LogP contribution in [-0.2, 0) is 4.79 Å². The van der Waals surface area contributed by atoms with Crippen LogP contribution in [0.1, 0.15) is 20.3 Å². The van der Waals surface area contributed by atoms with E-state index < -0.39 is 5.54 Å². The number of nitrogens with zero attached hydrogens (tertiary/aromatic N) is 2. The molecule has 1 aromatic carbocycles. The zero-order valence-corrected chi connectivity index (χ0v) is 13.9. The van der Waals surface area contributed by atoms with E-state index in [2.05, 4.69) is 10.2 Å². The number of ether oxygens (including phenoxy) is 1. The van der Waals surface area contributed by atoms with Gasteiger partial charge in [-0.2, -0.15) is 0 Å². The number of likely N-dealkylation sites (tertiary alicyclic amines) is 1. The molecule has 2 fully saturated rings. The van der Waals surface area contributed by atoms with Crippen LogP contribution in [0, 0.1) is 5.82 Å². The van der Waals surface area contributed by atoms with Crippen molar-refractivity contribution in [1.29, 1.82) is 0 Å². The van der Waals surface area contributed by atoms with Crippen LogP contribution in [0.25, 0.3) is 0 Å². The fraction of sp³-hybridized carbons (Fsp3) is 0.529.